The summed E-state index contributed by atoms with van der Waals surface area (Å²) in [4.78, 5) is 25.4. The molecule has 1 aliphatic rings. The highest BCUT2D eigenvalue weighted by atomic mass is 19.4. The third-order valence-corrected chi connectivity index (χ3v) is 6.65. The minimum Gasteiger partial charge on any atom is -0.497 e. The molecule has 0 aliphatic carbocycles. The fourth-order valence-corrected chi connectivity index (χ4v) is 4.43. The Kier molecular flexibility index (Phi) is 13.8. The molecular formula is C33H34F6N2O4. The molecule has 1 aliphatic heterocycles. The number of aryl methyl sites for hydroxylation is 1. The number of alkyl halides is 6. The maximum absolute atomic E-state index is 13.3. The molecule has 6 nitrogen and oxygen atoms in total. The Bertz CT molecular complexity index is 1360. The van der Waals surface area contributed by atoms with Gasteiger partial charge in [-0.1, -0.05) is 48.0 Å². The van der Waals surface area contributed by atoms with Crippen molar-refractivity contribution in [3.63, 3.8) is 0 Å². The lowest BCUT2D eigenvalue weighted by Crippen LogP contribution is -2.56. The molecule has 242 valence electrons. The zero-order valence-electron chi connectivity index (χ0n) is 24.6. The molecule has 0 saturated carbocycles. The number of amides is 2. The van der Waals surface area contributed by atoms with Gasteiger partial charge in [-0.3, -0.25) is 9.59 Å². The SMILES string of the molecule is C#C.COc1ccc(NC(=O)C2C(=O)N[C@@H](C(F)(F)F)CC2c2ccc(C)cc2)cc1.FC(F)(F)CCCOc1ccccc1. The highest BCUT2D eigenvalue weighted by Crippen LogP contribution is 2.39. The molecule has 3 atom stereocenters. The molecule has 1 fully saturated rings. The predicted octanol–water partition coefficient (Wildman–Crippen LogP) is 7.45. The van der Waals surface area contributed by atoms with Gasteiger partial charge in [-0.15, -0.1) is 12.8 Å². The average molecular weight is 637 g/mol. The quantitative estimate of drug-likeness (QED) is 0.117. The first kappa shape index (κ1) is 36.5. The van der Waals surface area contributed by atoms with E-state index in [4.69, 9.17) is 9.47 Å². The Morgan fingerprint density at radius 2 is 1.51 bits per heavy atom. The Morgan fingerprint density at radius 3 is 2.04 bits per heavy atom. The molecule has 1 saturated heterocycles. The van der Waals surface area contributed by atoms with Gasteiger partial charge in [0, 0.05) is 18.0 Å². The van der Waals surface area contributed by atoms with Crippen LogP contribution in [-0.4, -0.2) is 43.9 Å². The molecule has 1 heterocycles. The maximum atomic E-state index is 13.3. The van der Waals surface area contributed by atoms with Crippen molar-refractivity contribution < 1.29 is 45.4 Å². The van der Waals surface area contributed by atoms with Crippen LogP contribution >= 0.6 is 0 Å². The fraction of sp³-hybridized carbons (Fsp3) is 0.333. The van der Waals surface area contributed by atoms with Crippen LogP contribution in [0.4, 0.5) is 32.0 Å². The number of anilines is 1. The lowest BCUT2D eigenvalue weighted by Gasteiger charge is -2.36. The van der Waals surface area contributed by atoms with Crippen LogP contribution in [-0.2, 0) is 9.59 Å². The molecule has 45 heavy (non-hydrogen) atoms. The van der Waals surface area contributed by atoms with Gasteiger partial charge in [-0.25, -0.2) is 0 Å². The number of terminal acetylenes is 1. The van der Waals surface area contributed by atoms with Crippen LogP contribution in [0.15, 0.2) is 78.9 Å². The summed E-state index contributed by atoms with van der Waals surface area (Å²) in [5.41, 5.74) is 1.87. The van der Waals surface area contributed by atoms with E-state index in [2.05, 4.69) is 18.2 Å². The second-order valence-electron chi connectivity index (χ2n) is 9.93. The van der Waals surface area contributed by atoms with Gasteiger partial charge >= 0.3 is 12.4 Å². The van der Waals surface area contributed by atoms with E-state index in [1.54, 1.807) is 72.8 Å². The number of halogens is 6. The molecule has 3 aromatic rings. The second-order valence-corrected chi connectivity index (χ2v) is 9.93. The lowest BCUT2D eigenvalue weighted by molar-refractivity contribution is -0.172. The molecule has 2 unspecified atom stereocenters. The predicted molar refractivity (Wildman–Crippen MR) is 159 cm³/mol. The van der Waals surface area contributed by atoms with Gasteiger partial charge in [-0.05, 0) is 61.7 Å². The van der Waals surface area contributed by atoms with Crippen molar-refractivity contribution in [2.24, 2.45) is 5.92 Å². The fourth-order valence-electron chi connectivity index (χ4n) is 4.43. The van der Waals surface area contributed by atoms with Gasteiger partial charge < -0.3 is 20.1 Å². The van der Waals surface area contributed by atoms with Crippen LogP contribution in [0.25, 0.3) is 0 Å². The summed E-state index contributed by atoms with van der Waals surface area (Å²) in [7, 11) is 1.50. The van der Waals surface area contributed by atoms with Crippen molar-refractivity contribution in [2.45, 2.75) is 50.5 Å². The normalized spacial score (nSPS) is 17.7. The van der Waals surface area contributed by atoms with Crippen LogP contribution in [0.1, 0.15) is 36.3 Å². The monoisotopic (exact) mass is 636 g/mol. The van der Waals surface area contributed by atoms with Crippen molar-refractivity contribution in [3.8, 4) is 24.3 Å². The van der Waals surface area contributed by atoms with Crippen molar-refractivity contribution in [1.82, 2.24) is 5.32 Å². The van der Waals surface area contributed by atoms with E-state index in [0.717, 1.165) is 5.56 Å². The van der Waals surface area contributed by atoms with Crippen LogP contribution in [0.2, 0.25) is 0 Å². The average Bonchev–Trinajstić information content (AvgIpc) is 3.00. The molecular weight excluding hydrogens is 602 g/mol. The number of hydrogen-bond donors (Lipinski definition) is 2. The van der Waals surface area contributed by atoms with Crippen molar-refractivity contribution >= 4 is 17.5 Å². The first-order valence-corrected chi connectivity index (χ1v) is 13.7. The summed E-state index contributed by atoms with van der Waals surface area (Å²) >= 11 is 0. The Hall–Kier alpha value is -4.66. The van der Waals surface area contributed by atoms with E-state index in [-0.39, 0.29) is 13.0 Å². The van der Waals surface area contributed by atoms with E-state index in [1.807, 2.05) is 18.3 Å². The second kappa shape index (κ2) is 17.0. The van der Waals surface area contributed by atoms with Gasteiger partial charge in [-0.2, -0.15) is 26.3 Å². The van der Waals surface area contributed by atoms with Crippen molar-refractivity contribution in [2.75, 3.05) is 19.0 Å². The summed E-state index contributed by atoms with van der Waals surface area (Å²) < 4.78 is 85.2. The first-order valence-electron chi connectivity index (χ1n) is 13.7. The van der Waals surface area contributed by atoms with Gasteiger partial charge in [0.15, 0.2) is 0 Å². The highest BCUT2D eigenvalue weighted by Gasteiger charge is 2.50. The standard InChI is InChI=1S/C21H21F3N2O3.C10H11F3O.C2H2/c1-12-3-5-13(6-4-12)16-11-17(21(22,23)24)26-20(28)18(16)19(27)25-14-7-9-15(29-2)10-8-14;11-10(12,13)7-4-8-14-9-5-2-1-3-6-9;1-2/h3-10,16-18H,11H2,1-2H3,(H,25,27)(H,26,28);1-3,5-6H,4,7-8H2;1-2H/t16?,17-,18?;;/m1../s1. The van der Waals surface area contributed by atoms with Gasteiger partial charge in [0.2, 0.25) is 11.8 Å². The number of benzene rings is 3. The highest BCUT2D eigenvalue weighted by molar-refractivity contribution is 6.07. The zero-order chi connectivity index (χ0) is 33.6. The zero-order valence-corrected chi connectivity index (χ0v) is 24.6. The topological polar surface area (TPSA) is 76.7 Å². The number of carbonyl (C=O) groups is 2. The molecule has 4 rings (SSSR count). The Morgan fingerprint density at radius 1 is 0.911 bits per heavy atom. The first-order chi connectivity index (χ1) is 21.3. The van der Waals surface area contributed by atoms with Crippen LogP contribution in [0.3, 0.4) is 0 Å². The molecule has 0 spiro atoms. The molecule has 2 amide bonds. The largest absolute Gasteiger partial charge is 0.497 e. The Labute approximate surface area is 258 Å². The molecule has 0 bridgehead atoms. The van der Waals surface area contributed by atoms with Crippen LogP contribution in [0.5, 0.6) is 11.5 Å². The van der Waals surface area contributed by atoms with E-state index < -0.39 is 54.9 Å². The third kappa shape index (κ3) is 12.1. The smallest absolute Gasteiger partial charge is 0.408 e. The number of rotatable bonds is 8. The summed E-state index contributed by atoms with van der Waals surface area (Å²) in [6.45, 7) is 1.95. The van der Waals surface area contributed by atoms with E-state index in [0.29, 0.717) is 22.7 Å². The Balaban J connectivity index is 0.000000370. The van der Waals surface area contributed by atoms with Crippen LogP contribution in [0, 0.1) is 25.7 Å². The number of ether oxygens (including phenoxy) is 2. The maximum Gasteiger partial charge on any atom is 0.408 e. The number of nitrogens with one attached hydrogen (secondary N) is 2. The van der Waals surface area contributed by atoms with Crippen molar-refractivity contribution in [3.05, 3.63) is 90.0 Å². The summed E-state index contributed by atoms with van der Waals surface area (Å²) in [6.07, 6.45) is -1.87. The minimum absolute atomic E-state index is 0.00159. The van der Waals surface area contributed by atoms with E-state index >= 15 is 0 Å². The molecule has 3 aromatic carbocycles. The van der Waals surface area contributed by atoms with Crippen LogP contribution < -0.4 is 20.1 Å². The van der Waals surface area contributed by atoms with Gasteiger partial charge in [0.25, 0.3) is 0 Å². The van der Waals surface area contributed by atoms with E-state index in [1.165, 1.54) is 7.11 Å². The number of methoxy groups -OCH3 is 1. The summed E-state index contributed by atoms with van der Waals surface area (Å²) in [5.74, 6) is -2.57. The van der Waals surface area contributed by atoms with Crippen molar-refractivity contribution in [1.29, 1.82) is 0 Å². The summed E-state index contributed by atoms with van der Waals surface area (Å²) in [6, 6.07) is 20.1. The molecule has 12 heteroatoms. The number of carbonyl (C=O) groups excluding carboxylic acids is 2. The molecule has 0 radical (unpaired) electrons. The molecule has 0 aromatic heterocycles. The lowest BCUT2D eigenvalue weighted by atomic mass is 9.77. The minimum atomic E-state index is -4.59. The van der Waals surface area contributed by atoms with Gasteiger partial charge in [0.05, 0.1) is 13.7 Å². The number of hydrogen-bond acceptors (Lipinski definition) is 4. The third-order valence-electron chi connectivity index (χ3n) is 6.65. The number of para-hydroxylation sites is 1. The van der Waals surface area contributed by atoms with Gasteiger partial charge in [0.1, 0.15) is 23.5 Å². The molecule has 2 N–H and O–H groups in total. The van der Waals surface area contributed by atoms with E-state index in [9.17, 15) is 35.9 Å². The summed E-state index contributed by atoms with van der Waals surface area (Å²) in [5, 5.41) is 4.58. The number of piperidine rings is 1.